The normalized spacial score (nSPS) is 20.1. The number of piperidine rings is 1. The molecule has 1 saturated heterocycles. The average Bonchev–Trinajstić information content (AvgIpc) is 2.14. The SMILES string of the molecule is COOC=CCN1CCCCC1. The van der Waals surface area contributed by atoms with Gasteiger partial charge in [-0.3, -0.25) is 4.90 Å². The van der Waals surface area contributed by atoms with E-state index in [0.29, 0.717) is 0 Å². The van der Waals surface area contributed by atoms with E-state index in [1.54, 1.807) is 6.26 Å². The molecule has 1 heterocycles. The van der Waals surface area contributed by atoms with Crippen LogP contribution in [0.5, 0.6) is 0 Å². The Morgan fingerprint density at radius 1 is 1.25 bits per heavy atom. The van der Waals surface area contributed by atoms with E-state index in [1.807, 2.05) is 6.08 Å². The van der Waals surface area contributed by atoms with Crippen molar-refractivity contribution in [1.29, 1.82) is 0 Å². The van der Waals surface area contributed by atoms with Crippen LogP contribution in [0.4, 0.5) is 0 Å². The minimum absolute atomic E-state index is 0.976. The number of nitrogens with zero attached hydrogens (tertiary/aromatic N) is 1. The van der Waals surface area contributed by atoms with Crippen molar-refractivity contribution < 1.29 is 9.78 Å². The van der Waals surface area contributed by atoms with Crippen molar-refractivity contribution in [2.24, 2.45) is 0 Å². The van der Waals surface area contributed by atoms with Crippen molar-refractivity contribution in [3.8, 4) is 0 Å². The first kappa shape index (κ1) is 9.55. The number of hydrogen-bond acceptors (Lipinski definition) is 3. The van der Waals surface area contributed by atoms with Gasteiger partial charge in [-0.2, -0.15) is 4.89 Å². The van der Waals surface area contributed by atoms with E-state index in [4.69, 9.17) is 0 Å². The Bertz CT molecular complexity index is 130. The molecule has 0 N–H and O–H groups in total. The molecule has 0 aliphatic carbocycles. The fourth-order valence-electron chi connectivity index (χ4n) is 1.43. The van der Waals surface area contributed by atoms with Crippen molar-refractivity contribution in [2.75, 3.05) is 26.7 Å². The molecule has 0 amide bonds. The summed E-state index contributed by atoms with van der Waals surface area (Å²) in [5, 5.41) is 0. The van der Waals surface area contributed by atoms with Gasteiger partial charge in [0, 0.05) is 6.54 Å². The van der Waals surface area contributed by atoms with E-state index < -0.39 is 0 Å². The molecule has 0 saturated carbocycles. The molecule has 0 aromatic heterocycles. The molecule has 0 atom stereocenters. The van der Waals surface area contributed by atoms with Gasteiger partial charge in [0.25, 0.3) is 0 Å². The van der Waals surface area contributed by atoms with Crippen molar-refractivity contribution in [2.45, 2.75) is 19.3 Å². The smallest absolute Gasteiger partial charge is 0.126 e. The molecule has 3 nitrogen and oxygen atoms in total. The van der Waals surface area contributed by atoms with Crippen LogP contribution in [-0.4, -0.2) is 31.6 Å². The van der Waals surface area contributed by atoms with Gasteiger partial charge in [-0.05, 0) is 32.0 Å². The molecule has 0 aromatic rings. The molecule has 1 fully saturated rings. The zero-order valence-corrected chi connectivity index (χ0v) is 7.66. The van der Waals surface area contributed by atoms with Gasteiger partial charge in [-0.15, -0.1) is 0 Å². The van der Waals surface area contributed by atoms with Gasteiger partial charge in [0.2, 0.25) is 0 Å². The Hall–Kier alpha value is -0.540. The van der Waals surface area contributed by atoms with Crippen LogP contribution in [-0.2, 0) is 9.78 Å². The maximum atomic E-state index is 4.62. The third-order valence-electron chi connectivity index (χ3n) is 2.06. The molecule has 1 rings (SSSR count). The molecule has 1 aliphatic heterocycles. The lowest BCUT2D eigenvalue weighted by Gasteiger charge is -2.24. The minimum atomic E-state index is 0.976. The summed E-state index contributed by atoms with van der Waals surface area (Å²) >= 11 is 0. The number of hydrogen-bond donors (Lipinski definition) is 0. The minimum Gasteiger partial charge on any atom is -0.346 e. The second kappa shape index (κ2) is 6.03. The van der Waals surface area contributed by atoms with Crippen molar-refractivity contribution >= 4 is 0 Å². The van der Waals surface area contributed by atoms with Crippen LogP contribution in [0.1, 0.15) is 19.3 Å². The van der Waals surface area contributed by atoms with Crippen LogP contribution in [0.2, 0.25) is 0 Å². The summed E-state index contributed by atoms with van der Waals surface area (Å²) in [6.45, 7) is 3.41. The fourth-order valence-corrected chi connectivity index (χ4v) is 1.43. The fraction of sp³-hybridized carbons (Fsp3) is 0.778. The largest absolute Gasteiger partial charge is 0.346 e. The Morgan fingerprint density at radius 2 is 2.00 bits per heavy atom. The van der Waals surface area contributed by atoms with E-state index in [2.05, 4.69) is 14.7 Å². The summed E-state index contributed by atoms with van der Waals surface area (Å²) in [4.78, 5) is 11.5. The van der Waals surface area contributed by atoms with Crippen molar-refractivity contribution in [3.05, 3.63) is 12.3 Å². The van der Waals surface area contributed by atoms with Gasteiger partial charge in [0.15, 0.2) is 0 Å². The quantitative estimate of drug-likeness (QED) is 0.364. The molecule has 0 bridgehead atoms. The first-order chi connectivity index (χ1) is 5.93. The number of likely N-dealkylation sites (tertiary alicyclic amines) is 1. The van der Waals surface area contributed by atoms with Gasteiger partial charge in [-0.25, -0.2) is 0 Å². The van der Waals surface area contributed by atoms with Crippen LogP contribution < -0.4 is 0 Å². The lowest BCUT2D eigenvalue weighted by molar-refractivity contribution is -0.222. The second-order valence-corrected chi connectivity index (χ2v) is 3.00. The first-order valence-corrected chi connectivity index (χ1v) is 4.50. The summed E-state index contributed by atoms with van der Waals surface area (Å²) in [6.07, 6.45) is 7.62. The molecule has 0 radical (unpaired) electrons. The van der Waals surface area contributed by atoms with Crippen molar-refractivity contribution in [1.82, 2.24) is 4.90 Å². The summed E-state index contributed by atoms with van der Waals surface area (Å²) in [7, 11) is 1.51. The lowest BCUT2D eigenvalue weighted by Crippen LogP contribution is -2.29. The monoisotopic (exact) mass is 171 g/mol. The summed E-state index contributed by atoms with van der Waals surface area (Å²) in [5.74, 6) is 0. The molecule has 0 spiro atoms. The molecule has 1 aliphatic rings. The Morgan fingerprint density at radius 3 is 2.67 bits per heavy atom. The maximum Gasteiger partial charge on any atom is 0.126 e. The molecular weight excluding hydrogens is 154 g/mol. The topological polar surface area (TPSA) is 21.7 Å². The lowest BCUT2D eigenvalue weighted by atomic mass is 10.1. The molecule has 3 heteroatoms. The molecule has 0 aromatic carbocycles. The molecule has 12 heavy (non-hydrogen) atoms. The van der Waals surface area contributed by atoms with Crippen molar-refractivity contribution in [3.63, 3.8) is 0 Å². The summed E-state index contributed by atoms with van der Waals surface area (Å²) < 4.78 is 0. The van der Waals surface area contributed by atoms with Crippen LogP contribution in [0, 0.1) is 0 Å². The van der Waals surface area contributed by atoms with E-state index >= 15 is 0 Å². The zero-order valence-electron chi connectivity index (χ0n) is 7.66. The second-order valence-electron chi connectivity index (χ2n) is 3.00. The Kier molecular flexibility index (Phi) is 4.80. The van der Waals surface area contributed by atoms with Crippen LogP contribution in [0.25, 0.3) is 0 Å². The van der Waals surface area contributed by atoms with Gasteiger partial charge in [-0.1, -0.05) is 6.42 Å². The van der Waals surface area contributed by atoms with E-state index in [9.17, 15) is 0 Å². The first-order valence-electron chi connectivity index (χ1n) is 4.50. The van der Waals surface area contributed by atoms with Gasteiger partial charge >= 0.3 is 0 Å². The van der Waals surface area contributed by atoms with Crippen LogP contribution in [0.3, 0.4) is 0 Å². The highest BCUT2D eigenvalue weighted by atomic mass is 17.2. The third-order valence-corrected chi connectivity index (χ3v) is 2.06. The van der Waals surface area contributed by atoms with Gasteiger partial charge < -0.3 is 4.89 Å². The molecule has 0 unspecified atom stereocenters. The highest BCUT2D eigenvalue weighted by Gasteiger charge is 2.07. The van der Waals surface area contributed by atoms with E-state index in [-0.39, 0.29) is 0 Å². The summed E-state index contributed by atoms with van der Waals surface area (Å²) in [5.41, 5.74) is 0. The maximum absolute atomic E-state index is 4.62. The standard InChI is InChI=1S/C9H17NO2/c1-11-12-9-5-8-10-6-3-2-4-7-10/h5,9H,2-4,6-8H2,1H3. The zero-order chi connectivity index (χ0) is 8.65. The van der Waals surface area contributed by atoms with Gasteiger partial charge in [0.05, 0.1) is 7.11 Å². The average molecular weight is 171 g/mol. The third kappa shape index (κ3) is 3.74. The molecule has 70 valence electrons. The molecular formula is C9H17NO2. The van der Waals surface area contributed by atoms with Gasteiger partial charge in [0.1, 0.15) is 6.26 Å². The van der Waals surface area contributed by atoms with Crippen LogP contribution in [0.15, 0.2) is 12.3 Å². The van der Waals surface area contributed by atoms with Crippen LogP contribution >= 0.6 is 0 Å². The van der Waals surface area contributed by atoms with E-state index in [0.717, 1.165) is 6.54 Å². The Balaban J connectivity index is 2.04. The predicted octanol–water partition coefficient (Wildman–Crippen LogP) is 1.56. The predicted molar refractivity (Wildman–Crippen MR) is 47.5 cm³/mol. The Labute approximate surface area is 73.9 Å². The highest BCUT2D eigenvalue weighted by molar-refractivity contribution is 4.79. The van der Waals surface area contributed by atoms with E-state index in [1.165, 1.54) is 39.5 Å². The highest BCUT2D eigenvalue weighted by Crippen LogP contribution is 2.07. The number of rotatable bonds is 4. The summed E-state index contributed by atoms with van der Waals surface area (Å²) in [6, 6.07) is 0.